The molecule has 2 heterocycles. The van der Waals surface area contributed by atoms with E-state index in [1.54, 1.807) is 18.7 Å². The fourth-order valence-corrected chi connectivity index (χ4v) is 3.15. The summed E-state index contributed by atoms with van der Waals surface area (Å²) in [5.41, 5.74) is 4.45. The molecular weight excluding hydrogens is 266 g/mol. The van der Waals surface area contributed by atoms with Crippen LogP contribution in [0.25, 0.3) is 0 Å². The van der Waals surface area contributed by atoms with Crippen molar-refractivity contribution in [3.05, 3.63) is 40.6 Å². The first kappa shape index (κ1) is 13.7. The van der Waals surface area contributed by atoms with E-state index in [4.69, 9.17) is 0 Å². The first-order chi connectivity index (χ1) is 9.99. The van der Waals surface area contributed by atoms with Gasteiger partial charge in [-0.2, -0.15) is 5.10 Å². The van der Waals surface area contributed by atoms with E-state index in [-0.39, 0.29) is 0 Å². The average Bonchev–Trinajstić information content (AvgIpc) is 2.72. The average molecular weight is 285 g/mol. The van der Waals surface area contributed by atoms with Crippen molar-refractivity contribution in [2.75, 3.05) is 11.4 Å². The van der Waals surface area contributed by atoms with Gasteiger partial charge in [-0.25, -0.2) is 4.79 Å². The van der Waals surface area contributed by atoms with Gasteiger partial charge in [0.15, 0.2) is 0 Å². The SMILES string of the molecule is Cc1ccc2c(c1)CCCN2c1c(C(=O)O)c(C)nn1C. The Balaban J connectivity index is 2.18. The number of aryl methyl sites for hydroxylation is 4. The molecule has 0 spiro atoms. The van der Waals surface area contributed by atoms with E-state index in [0.717, 1.165) is 25.1 Å². The summed E-state index contributed by atoms with van der Waals surface area (Å²) in [6.07, 6.45) is 2.05. The van der Waals surface area contributed by atoms with Gasteiger partial charge in [-0.3, -0.25) is 4.68 Å². The molecule has 0 saturated heterocycles. The van der Waals surface area contributed by atoms with Crippen molar-refractivity contribution >= 4 is 17.5 Å². The zero-order valence-electron chi connectivity index (χ0n) is 12.6. The van der Waals surface area contributed by atoms with E-state index in [2.05, 4.69) is 35.1 Å². The Bertz CT molecular complexity index is 719. The minimum Gasteiger partial charge on any atom is -0.477 e. The first-order valence-corrected chi connectivity index (χ1v) is 7.13. The molecule has 5 heteroatoms. The molecule has 3 rings (SSSR count). The molecule has 1 aliphatic rings. The largest absolute Gasteiger partial charge is 0.477 e. The van der Waals surface area contributed by atoms with Gasteiger partial charge in [0.05, 0.1) is 5.69 Å². The van der Waals surface area contributed by atoms with E-state index in [1.165, 1.54) is 11.1 Å². The highest BCUT2D eigenvalue weighted by molar-refractivity contribution is 5.96. The summed E-state index contributed by atoms with van der Waals surface area (Å²) in [7, 11) is 1.80. The van der Waals surface area contributed by atoms with Gasteiger partial charge in [-0.05, 0) is 38.3 Å². The molecule has 1 N–H and O–H groups in total. The number of carboxylic acids is 1. The second-order valence-corrected chi connectivity index (χ2v) is 5.60. The second kappa shape index (κ2) is 4.91. The van der Waals surface area contributed by atoms with E-state index < -0.39 is 5.97 Å². The number of benzene rings is 1. The zero-order valence-corrected chi connectivity index (χ0v) is 12.6. The summed E-state index contributed by atoms with van der Waals surface area (Å²) < 4.78 is 1.67. The van der Waals surface area contributed by atoms with Crippen molar-refractivity contribution in [2.24, 2.45) is 7.05 Å². The molecule has 0 amide bonds. The van der Waals surface area contributed by atoms with Gasteiger partial charge in [-0.15, -0.1) is 0 Å². The van der Waals surface area contributed by atoms with E-state index in [9.17, 15) is 9.90 Å². The second-order valence-electron chi connectivity index (χ2n) is 5.60. The van der Waals surface area contributed by atoms with E-state index in [1.807, 2.05) is 0 Å². The predicted octanol–water partition coefficient (Wildman–Crippen LogP) is 2.82. The maximum Gasteiger partial charge on any atom is 0.341 e. The van der Waals surface area contributed by atoms with E-state index in [0.29, 0.717) is 17.1 Å². The van der Waals surface area contributed by atoms with Crippen molar-refractivity contribution in [2.45, 2.75) is 26.7 Å². The van der Waals surface area contributed by atoms with Crippen molar-refractivity contribution in [1.82, 2.24) is 9.78 Å². The topological polar surface area (TPSA) is 58.4 Å². The molecule has 1 aromatic heterocycles. The summed E-state index contributed by atoms with van der Waals surface area (Å²) in [5.74, 6) is -0.250. The first-order valence-electron chi connectivity index (χ1n) is 7.13. The molecular formula is C16H19N3O2. The molecule has 0 atom stereocenters. The molecule has 0 aliphatic carbocycles. The number of aromatic nitrogens is 2. The lowest BCUT2D eigenvalue weighted by molar-refractivity contribution is 0.0697. The summed E-state index contributed by atoms with van der Waals surface area (Å²) >= 11 is 0. The molecule has 21 heavy (non-hydrogen) atoms. The van der Waals surface area contributed by atoms with Crippen molar-refractivity contribution in [1.29, 1.82) is 0 Å². The lowest BCUT2D eigenvalue weighted by Crippen LogP contribution is -2.28. The zero-order chi connectivity index (χ0) is 15.1. The number of carboxylic acid groups (broad SMARTS) is 1. The van der Waals surface area contributed by atoms with Gasteiger partial charge in [-0.1, -0.05) is 17.7 Å². The Hall–Kier alpha value is -2.30. The van der Waals surface area contributed by atoms with Crippen LogP contribution < -0.4 is 4.90 Å². The van der Waals surface area contributed by atoms with Crippen molar-refractivity contribution in [3.8, 4) is 0 Å². The Morgan fingerprint density at radius 3 is 2.81 bits per heavy atom. The Labute approximate surface area is 123 Å². The van der Waals surface area contributed by atoms with Crippen LogP contribution in [0.4, 0.5) is 11.5 Å². The number of rotatable bonds is 2. The van der Waals surface area contributed by atoms with E-state index >= 15 is 0 Å². The molecule has 5 nitrogen and oxygen atoms in total. The van der Waals surface area contributed by atoms with Gasteiger partial charge in [0.25, 0.3) is 0 Å². The Morgan fingerprint density at radius 2 is 2.10 bits per heavy atom. The van der Waals surface area contributed by atoms with Gasteiger partial charge < -0.3 is 10.0 Å². The molecule has 0 unspecified atom stereocenters. The van der Waals surface area contributed by atoms with Crippen LogP contribution in [0.15, 0.2) is 18.2 Å². The van der Waals surface area contributed by atoms with Crippen molar-refractivity contribution in [3.63, 3.8) is 0 Å². The van der Waals surface area contributed by atoms with Crippen LogP contribution in [0.1, 0.15) is 33.6 Å². The third kappa shape index (κ3) is 2.18. The molecule has 1 aliphatic heterocycles. The fourth-order valence-electron chi connectivity index (χ4n) is 3.15. The summed E-state index contributed by atoms with van der Waals surface area (Å²) in [6.45, 7) is 4.64. The number of anilines is 2. The van der Waals surface area contributed by atoms with Gasteiger partial charge >= 0.3 is 5.97 Å². The number of nitrogens with zero attached hydrogens (tertiary/aromatic N) is 3. The minimum atomic E-state index is -0.921. The monoisotopic (exact) mass is 285 g/mol. The lowest BCUT2D eigenvalue weighted by Gasteiger charge is -2.31. The molecule has 2 aromatic rings. The predicted molar refractivity (Wildman–Crippen MR) is 81.4 cm³/mol. The molecule has 0 fully saturated rings. The van der Waals surface area contributed by atoms with Gasteiger partial charge in [0.2, 0.25) is 0 Å². The van der Waals surface area contributed by atoms with Crippen LogP contribution in [0.5, 0.6) is 0 Å². The number of carbonyl (C=O) groups is 1. The lowest BCUT2D eigenvalue weighted by atomic mass is 9.99. The Morgan fingerprint density at radius 1 is 1.33 bits per heavy atom. The number of fused-ring (bicyclic) bond motifs is 1. The smallest absolute Gasteiger partial charge is 0.341 e. The third-order valence-corrected chi connectivity index (χ3v) is 4.02. The highest BCUT2D eigenvalue weighted by Gasteiger charge is 2.28. The van der Waals surface area contributed by atoms with Crippen LogP contribution in [0, 0.1) is 13.8 Å². The summed E-state index contributed by atoms with van der Waals surface area (Å²) in [4.78, 5) is 13.7. The molecule has 0 saturated carbocycles. The normalized spacial score (nSPS) is 14.1. The van der Waals surface area contributed by atoms with Crippen LogP contribution in [-0.2, 0) is 13.5 Å². The number of hydrogen-bond donors (Lipinski definition) is 1. The van der Waals surface area contributed by atoms with Gasteiger partial charge in [0, 0.05) is 19.3 Å². The maximum atomic E-state index is 11.6. The maximum absolute atomic E-state index is 11.6. The van der Waals surface area contributed by atoms with Crippen LogP contribution in [-0.4, -0.2) is 27.4 Å². The van der Waals surface area contributed by atoms with Gasteiger partial charge in [0.1, 0.15) is 11.4 Å². The molecule has 110 valence electrons. The quantitative estimate of drug-likeness (QED) is 0.921. The van der Waals surface area contributed by atoms with Crippen LogP contribution in [0.3, 0.4) is 0 Å². The Kier molecular flexibility index (Phi) is 3.20. The highest BCUT2D eigenvalue weighted by Crippen LogP contribution is 2.36. The molecule has 0 bridgehead atoms. The third-order valence-electron chi connectivity index (χ3n) is 4.02. The summed E-state index contributed by atoms with van der Waals surface area (Å²) in [6, 6.07) is 6.34. The highest BCUT2D eigenvalue weighted by atomic mass is 16.4. The van der Waals surface area contributed by atoms with Crippen LogP contribution >= 0.6 is 0 Å². The van der Waals surface area contributed by atoms with Crippen LogP contribution in [0.2, 0.25) is 0 Å². The summed E-state index contributed by atoms with van der Waals surface area (Å²) in [5, 5.41) is 13.8. The number of aromatic carboxylic acids is 1. The number of hydrogen-bond acceptors (Lipinski definition) is 3. The fraction of sp³-hybridized carbons (Fsp3) is 0.375. The standard InChI is InChI=1S/C16H19N3O2/c1-10-6-7-13-12(9-10)5-4-8-19(13)15-14(16(20)21)11(2)17-18(15)3/h6-7,9H,4-5,8H2,1-3H3,(H,20,21). The van der Waals surface area contributed by atoms with Crippen molar-refractivity contribution < 1.29 is 9.90 Å². The minimum absolute atomic E-state index is 0.297. The molecule has 0 radical (unpaired) electrons. The molecule has 1 aromatic carbocycles.